The van der Waals surface area contributed by atoms with Gasteiger partial charge in [-0.2, -0.15) is 0 Å². The smallest absolute Gasteiger partial charge is 0.228 e. The Bertz CT molecular complexity index is 840. The lowest BCUT2D eigenvalue weighted by Crippen LogP contribution is -2.27. The molecule has 0 aromatic heterocycles. The van der Waals surface area contributed by atoms with Crippen LogP contribution in [0.2, 0.25) is 5.02 Å². The maximum Gasteiger partial charge on any atom is 0.228 e. The van der Waals surface area contributed by atoms with Crippen LogP contribution in [0.1, 0.15) is 28.7 Å². The van der Waals surface area contributed by atoms with Gasteiger partial charge >= 0.3 is 0 Å². The van der Waals surface area contributed by atoms with Gasteiger partial charge in [-0.25, -0.2) is 0 Å². The summed E-state index contributed by atoms with van der Waals surface area (Å²) in [5.74, 6) is -0.762. The predicted octanol–water partition coefficient (Wildman–Crippen LogP) is 4.16. The van der Waals surface area contributed by atoms with Crippen LogP contribution in [-0.4, -0.2) is 11.8 Å². The molecule has 2 aromatic carbocycles. The van der Waals surface area contributed by atoms with Crippen LogP contribution in [0.3, 0.4) is 0 Å². The molecule has 26 heavy (non-hydrogen) atoms. The van der Waals surface area contributed by atoms with Gasteiger partial charge in [0.05, 0.1) is 22.5 Å². The van der Waals surface area contributed by atoms with E-state index in [1.807, 2.05) is 57.2 Å². The molecule has 2 atom stereocenters. The first kappa shape index (κ1) is 18.5. The van der Waals surface area contributed by atoms with Crippen LogP contribution in [0, 0.1) is 32.6 Å². The van der Waals surface area contributed by atoms with Gasteiger partial charge in [0.2, 0.25) is 11.8 Å². The summed E-state index contributed by atoms with van der Waals surface area (Å²) in [5.41, 5.74) is 4.82. The quantitative estimate of drug-likeness (QED) is 0.830. The van der Waals surface area contributed by atoms with Gasteiger partial charge in [0.1, 0.15) is 0 Å². The van der Waals surface area contributed by atoms with Crippen LogP contribution in [-0.2, 0) is 16.1 Å². The number of hydrogen-bond acceptors (Lipinski definition) is 2. The summed E-state index contributed by atoms with van der Waals surface area (Å²) < 4.78 is 0. The van der Waals surface area contributed by atoms with Crippen LogP contribution in [0.4, 0.5) is 5.69 Å². The molecule has 2 aromatic rings. The van der Waals surface area contributed by atoms with Crippen molar-refractivity contribution >= 4 is 29.1 Å². The largest absolute Gasteiger partial charge is 0.352 e. The standard InChI is InChI=1S/C21H23ClN2O2/c1-12-5-4-6-15(8-12)11-23-20(25)16-10-17(16)21(26)24-19-14(3)7-13(2)9-18(19)22/h4-9,16-17H,10-11H2,1-3H3,(H,23,25)(H,24,26). The zero-order valence-electron chi connectivity index (χ0n) is 15.2. The van der Waals surface area contributed by atoms with Crippen molar-refractivity contribution in [2.45, 2.75) is 33.7 Å². The number of carbonyl (C=O) groups is 2. The van der Waals surface area contributed by atoms with E-state index in [0.717, 1.165) is 22.3 Å². The lowest BCUT2D eigenvalue weighted by molar-refractivity contribution is -0.125. The third-order valence-corrected chi connectivity index (χ3v) is 4.99. The molecule has 2 unspecified atom stereocenters. The summed E-state index contributed by atoms with van der Waals surface area (Å²) >= 11 is 6.24. The Hall–Kier alpha value is -2.33. The second-order valence-corrected chi connectivity index (χ2v) is 7.49. The van der Waals surface area contributed by atoms with Gasteiger partial charge in [-0.1, -0.05) is 47.5 Å². The number of carbonyl (C=O) groups excluding carboxylic acids is 2. The van der Waals surface area contributed by atoms with E-state index >= 15 is 0 Å². The number of amides is 2. The minimum Gasteiger partial charge on any atom is -0.352 e. The summed E-state index contributed by atoms with van der Waals surface area (Å²) in [6.45, 7) is 6.37. The molecule has 0 aliphatic heterocycles. The highest BCUT2D eigenvalue weighted by atomic mass is 35.5. The van der Waals surface area contributed by atoms with Crippen LogP contribution in [0.15, 0.2) is 36.4 Å². The molecule has 4 nitrogen and oxygen atoms in total. The normalized spacial score (nSPS) is 18.3. The van der Waals surface area contributed by atoms with E-state index < -0.39 is 0 Å². The van der Waals surface area contributed by atoms with E-state index in [1.54, 1.807) is 0 Å². The number of rotatable bonds is 5. The summed E-state index contributed by atoms with van der Waals surface area (Å²) in [6.07, 6.45) is 0.577. The Morgan fingerprint density at radius 3 is 2.46 bits per heavy atom. The van der Waals surface area contributed by atoms with Crippen molar-refractivity contribution in [1.29, 1.82) is 0 Å². The zero-order valence-corrected chi connectivity index (χ0v) is 16.0. The van der Waals surface area contributed by atoms with Crippen molar-refractivity contribution in [1.82, 2.24) is 5.32 Å². The van der Waals surface area contributed by atoms with Crippen molar-refractivity contribution in [3.05, 3.63) is 63.7 Å². The first-order chi connectivity index (χ1) is 12.3. The van der Waals surface area contributed by atoms with E-state index in [0.29, 0.717) is 23.7 Å². The number of aryl methyl sites for hydroxylation is 3. The Labute approximate surface area is 158 Å². The van der Waals surface area contributed by atoms with E-state index in [-0.39, 0.29) is 23.7 Å². The molecule has 136 valence electrons. The molecule has 1 saturated carbocycles. The average molecular weight is 371 g/mol. The highest BCUT2D eigenvalue weighted by Gasteiger charge is 2.48. The molecule has 1 aliphatic carbocycles. The van der Waals surface area contributed by atoms with Gasteiger partial charge in [-0.05, 0) is 49.9 Å². The van der Waals surface area contributed by atoms with Gasteiger partial charge < -0.3 is 10.6 Å². The van der Waals surface area contributed by atoms with Gasteiger partial charge in [-0.15, -0.1) is 0 Å². The van der Waals surface area contributed by atoms with Gasteiger partial charge in [-0.3, -0.25) is 9.59 Å². The van der Waals surface area contributed by atoms with E-state index in [2.05, 4.69) is 10.6 Å². The molecular formula is C21H23ClN2O2. The first-order valence-electron chi connectivity index (χ1n) is 8.76. The molecule has 0 spiro atoms. The van der Waals surface area contributed by atoms with E-state index in [1.165, 1.54) is 0 Å². The van der Waals surface area contributed by atoms with Crippen LogP contribution in [0.5, 0.6) is 0 Å². The lowest BCUT2D eigenvalue weighted by atomic mass is 10.1. The van der Waals surface area contributed by atoms with Crippen LogP contribution >= 0.6 is 11.6 Å². The number of hydrogen-bond donors (Lipinski definition) is 2. The van der Waals surface area contributed by atoms with Crippen molar-refractivity contribution in [2.24, 2.45) is 11.8 Å². The fourth-order valence-corrected chi connectivity index (χ4v) is 3.58. The lowest BCUT2D eigenvalue weighted by Gasteiger charge is -2.11. The Morgan fingerprint density at radius 1 is 1.04 bits per heavy atom. The third kappa shape index (κ3) is 4.25. The monoisotopic (exact) mass is 370 g/mol. The molecule has 5 heteroatoms. The second-order valence-electron chi connectivity index (χ2n) is 7.08. The minimum absolute atomic E-state index is 0.0709. The number of nitrogens with one attached hydrogen (secondary N) is 2. The van der Waals surface area contributed by atoms with Gasteiger partial charge in [0.25, 0.3) is 0 Å². The van der Waals surface area contributed by atoms with Crippen molar-refractivity contribution < 1.29 is 9.59 Å². The highest BCUT2D eigenvalue weighted by Crippen LogP contribution is 2.40. The summed E-state index contributed by atoms with van der Waals surface area (Å²) in [7, 11) is 0. The minimum atomic E-state index is -0.288. The highest BCUT2D eigenvalue weighted by molar-refractivity contribution is 6.34. The number of anilines is 1. The first-order valence-corrected chi connectivity index (χ1v) is 9.14. The second kappa shape index (κ2) is 7.50. The molecule has 2 N–H and O–H groups in total. The van der Waals surface area contributed by atoms with Gasteiger partial charge in [0, 0.05) is 6.54 Å². The van der Waals surface area contributed by atoms with Crippen molar-refractivity contribution in [2.75, 3.05) is 5.32 Å². The summed E-state index contributed by atoms with van der Waals surface area (Å²) in [5, 5.41) is 6.33. The molecule has 1 aliphatic rings. The van der Waals surface area contributed by atoms with Crippen LogP contribution in [0.25, 0.3) is 0 Å². The zero-order chi connectivity index (χ0) is 18.8. The van der Waals surface area contributed by atoms with Gasteiger partial charge in [0.15, 0.2) is 0 Å². The maximum atomic E-state index is 12.4. The van der Waals surface area contributed by atoms with Crippen LogP contribution < -0.4 is 10.6 Å². The van der Waals surface area contributed by atoms with E-state index in [4.69, 9.17) is 11.6 Å². The Kier molecular flexibility index (Phi) is 5.33. The molecule has 0 saturated heterocycles. The molecule has 3 rings (SSSR count). The third-order valence-electron chi connectivity index (χ3n) is 4.69. The molecule has 0 radical (unpaired) electrons. The van der Waals surface area contributed by atoms with Crippen molar-refractivity contribution in [3.8, 4) is 0 Å². The predicted molar refractivity (Wildman–Crippen MR) is 104 cm³/mol. The summed E-state index contributed by atoms with van der Waals surface area (Å²) in [4.78, 5) is 24.7. The molecular weight excluding hydrogens is 348 g/mol. The fourth-order valence-electron chi connectivity index (χ4n) is 3.21. The van der Waals surface area contributed by atoms with Crippen molar-refractivity contribution in [3.63, 3.8) is 0 Å². The summed E-state index contributed by atoms with van der Waals surface area (Å²) in [6, 6.07) is 11.8. The molecule has 0 bridgehead atoms. The topological polar surface area (TPSA) is 58.2 Å². The fraction of sp³-hybridized carbons (Fsp3) is 0.333. The average Bonchev–Trinajstić information content (AvgIpc) is 3.36. The maximum absolute atomic E-state index is 12.4. The molecule has 2 amide bonds. The Balaban J connectivity index is 1.54. The SMILES string of the molecule is Cc1cccc(CNC(=O)C2CC2C(=O)Nc2c(C)cc(C)cc2Cl)c1. The van der Waals surface area contributed by atoms with E-state index in [9.17, 15) is 9.59 Å². The number of benzene rings is 2. The Morgan fingerprint density at radius 2 is 1.77 bits per heavy atom. The number of halogens is 1. The molecule has 1 fully saturated rings. The molecule has 0 heterocycles.